The number of benzene rings is 1. The summed E-state index contributed by atoms with van der Waals surface area (Å²) >= 11 is 0. The van der Waals surface area contributed by atoms with Crippen LogP contribution >= 0.6 is 24.0 Å². The Kier molecular flexibility index (Phi) is 9.51. The van der Waals surface area contributed by atoms with Gasteiger partial charge in [-0.3, -0.25) is 9.79 Å². The number of hydrogen-bond donors (Lipinski definition) is 3. The van der Waals surface area contributed by atoms with Gasteiger partial charge in [-0.05, 0) is 25.0 Å². The van der Waals surface area contributed by atoms with Crippen LogP contribution in [0.3, 0.4) is 0 Å². The maximum atomic E-state index is 11.9. The second-order valence-corrected chi connectivity index (χ2v) is 5.74. The summed E-state index contributed by atoms with van der Waals surface area (Å²) in [6.45, 7) is 0.368. The summed E-state index contributed by atoms with van der Waals surface area (Å²) in [7, 11) is 1.60. The van der Waals surface area contributed by atoms with Gasteiger partial charge in [0.15, 0.2) is 5.96 Å². The molecule has 134 valence electrons. The predicted molar refractivity (Wildman–Crippen MR) is 108 cm³/mol. The van der Waals surface area contributed by atoms with E-state index in [9.17, 15) is 4.79 Å². The Balaban J connectivity index is 0.00000288. The zero-order valence-electron chi connectivity index (χ0n) is 14.1. The molecule has 0 radical (unpaired) electrons. The SMILES string of the molecule is COc1ccccc1NC(N)=NCCC(=O)NC1CCCCC1.I. The molecule has 0 spiro atoms. The van der Waals surface area contributed by atoms with Gasteiger partial charge in [0, 0.05) is 12.5 Å². The van der Waals surface area contributed by atoms with E-state index in [0.29, 0.717) is 24.8 Å². The van der Waals surface area contributed by atoms with Crippen LogP contribution in [0.4, 0.5) is 5.69 Å². The van der Waals surface area contributed by atoms with Gasteiger partial charge >= 0.3 is 0 Å². The van der Waals surface area contributed by atoms with Crippen LogP contribution in [0.5, 0.6) is 5.75 Å². The number of aliphatic imine (C=N–C) groups is 1. The Morgan fingerprint density at radius 3 is 2.71 bits per heavy atom. The van der Waals surface area contributed by atoms with Gasteiger partial charge in [0.2, 0.25) is 5.91 Å². The lowest BCUT2D eigenvalue weighted by molar-refractivity contribution is -0.121. The molecule has 2 rings (SSSR count). The minimum atomic E-state index is 0. The zero-order valence-corrected chi connectivity index (χ0v) is 16.4. The lowest BCUT2D eigenvalue weighted by Gasteiger charge is -2.22. The number of anilines is 1. The van der Waals surface area contributed by atoms with Gasteiger partial charge in [-0.15, -0.1) is 24.0 Å². The number of rotatable bonds is 6. The third-order valence-electron chi connectivity index (χ3n) is 3.96. The zero-order chi connectivity index (χ0) is 16.5. The highest BCUT2D eigenvalue weighted by molar-refractivity contribution is 14.0. The topological polar surface area (TPSA) is 88.7 Å². The first-order chi connectivity index (χ1) is 11.2. The number of ether oxygens (including phenoxy) is 1. The molecule has 0 heterocycles. The van der Waals surface area contributed by atoms with Gasteiger partial charge in [-0.1, -0.05) is 31.4 Å². The van der Waals surface area contributed by atoms with Crippen LogP contribution in [0.25, 0.3) is 0 Å². The highest BCUT2D eigenvalue weighted by atomic mass is 127. The summed E-state index contributed by atoms with van der Waals surface area (Å²) in [6, 6.07) is 7.80. The van der Waals surface area contributed by atoms with E-state index in [4.69, 9.17) is 10.5 Å². The number of para-hydroxylation sites is 2. The second kappa shape index (κ2) is 11.1. The van der Waals surface area contributed by atoms with Gasteiger partial charge < -0.3 is 21.1 Å². The molecule has 4 N–H and O–H groups in total. The first-order valence-electron chi connectivity index (χ1n) is 8.18. The van der Waals surface area contributed by atoms with Crippen molar-refractivity contribution in [1.29, 1.82) is 0 Å². The van der Waals surface area contributed by atoms with Crippen molar-refractivity contribution in [3.63, 3.8) is 0 Å². The molecule has 0 aromatic heterocycles. The number of carbonyl (C=O) groups excluding carboxylic acids is 1. The number of amides is 1. The molecule has 1 amide bonds. The first kappa shape index (κ1) is 20.5. The lowest BCUT2D eigenvalue weighted by atomic mass is 9.95. The molecule has 6 nitrogen and oxygen atoms in total. The monoisotopic (exact) mass is 446 g/mol. The first-order valence-corrected chi connectivity index (χ1v) is 8.18. The van der Waals surface area contributed by atoms with Crippen LogP contribution in [0.2, 0.25) is 0 Å². The Labute approximate surface area is 160 Å². The maximum Gasteiger partial charge on any atom is 0.222 e. The highest BCUT2D eigenvalue weighted by Crippen LogP contribution is 2.22. The molecule has 0 unspecified atom stereocenters. The van der Waals surface area contributed by atoms with Crippen molar-refractivity contribution in [2.24, 2.45) is 10.7 Å². The summed E-state index contributed by atoms with van der Waals surface area (Å²) in [4.78, 5) is 16.1. The summed E-state index contributed by atoms with van der Waals surface area (Å²) in [5.74, 6) is 1.02. The molecule has 0 aliphatic heterocycles. The standard InChI is InChI=1S/C17H26N4O2.HI/c1-23-15-10-6-5-9-14(15)21-17(18)19-12-11-16(22)20-13-7-3-2-4-8-13;/h5-6,9-10,13H,2-4,7-8,11-12H2,1H3,(H,20,22)(H3,18,19,21);1H. The average molecular weight is 446 g/mol. The van der Waals surface area contributed by atoms with E-state index in [-0.39, 0.29) is 35.8 Å². The molecule has 1 aliphatic rings. The maximum absolute atomic E-state index is 11.9. The molecule has 1 saturated carbocycles. The van der Waals surface area contributed by atoms with Gasteiger partial charge in [-0.2, -0.15) is 0 Å². The van der Waals surface area contributed by atoms with E-state index < -0.39 is 0 Å². The number of nitrogens with one attached hydrogen (secondary N) is 2. The van der Waals surface area contributed by atoms with E-state index in [2.05, 4.69) is 15.6 Å². The molecule has 0 saturated heterocycles. The van der Waals surface area contributed by atoms with Gasteiger partial charge in [0.1, 0.15) is 5.75 Å². The van der Waals surface area contributed by atoms with Crippen molar-refractivity contribution >= 4 is 41.5 Å². The fourth-order valence-corrected chi connectivity index (χ4v) is 2.75. The lowest BCUT2D eigenvalue weighted by Crippen LogP contribution is -2.36. The van der Waals surface area contributed by atoms with Crippen molar-refractivity contribution in [2.75, 3.05) is 19.0 Å². The third-order valence-corrected chi connectivity index (χ3v) is 3.96. The molecule has 1 fully saturated rings. The molecule has 1 aromatic rings. The van der Waals surface area contributed by atoms with Crippen molar-refractivity contribution in [1.82, 2.24) is 5.32 Å². The number of guanidine groups is 1. The summed E-state index contributed by atoms with van der Waals surface area (Å²) in [5, 5.41) is 6.06. The minimum absolute atomic E-state index is 0. The minimum Gasteiger partial charge on any atom is -0.495 e. The normalized spacial score (nSPS) is 15.3. The Bertz CT molecular complexity index is 545. The molecule has 24 heavy (non-hydrogen) atoms. The Hall–Kier alpha value is -1.51. The van der Waals surface area contributed by atoms with E-state index in [1.165, 1.54) is 19.3 Å². The number of hydrogen-bond acceptors (Lipinski definition) is 3. The molecule has 1 aliphatic carbocycles. The molecule has 0 atom stereocenters. The van der Waals surface area contributed by atoms with E-state index in [0.717, 1.165) is 18.5 Å². The molecule has 1 aromatic carbocycles. The second-order valence-electron chi connectivity index (χ2n) is 5.74. The molecular formula is C17H27IN4O2. The van der Waals surface area contributed by atoms with Crippen molar-refractivity contribution in [3.05, 3.63) is 24.3 Å². The van der Waals surface area contributed by atoms with Crippen LogP contribution in [0.1, 0.15) is 38.5 Å². The van der Waals surface area contributed by atoms with Crippen molar-refractivity contribution in [3.8, 4) is 5.75 Å². The molecule has 7 heteroatoms. The number of nitrogens with zero attached hydrogens (tertiary/aromatic N) is 1. The van der Waals surface area contributed by atoms with Crippen LogP contribution < -0.4 is 21.1 Å². The predicted octanol–water partition coefficient (Wildman–Crippen LogP) is 2.88. The van der Waals surface area contributed by atoms with E-state index >= 15 is 0 Å². The van der Waals surface area contributed by atoms with Crippen LogP contribution in [-0.2, 0) is 4.79 Å². The largest absolute Gasteiger partial charge is 0.495 e. The summed E-state index contributed by atoms with van der Waals surface area (Å²) in [6.07, 6.45) is 6.23. The smallest absolute Gasteiger partial charge is 0.222 e. The fourth-order valence-electron chi connectivity index (χ4n) is 2.75. The average Bonchev–Trinajstić information content (AvgIpc) is 2.56. The summed E-state index contributed by atoms with van der Waals surface area (Å²) < 4.78 is 5.24. The number of carbonyl (C=O) groups is 1. The number of nitrogens with two attached hydrogens (primary N) is 1. The number of halogens is 1. The van der Waals surface area contributed by atoms with Crippen LogP contribution in [0, 0.1) is 0 Å². The van der Waals surface area contributed by atoms with Gasteiger partial charge in [0.05, 0.1) is 19.3 Å². The molecule has 0 bridgehead atoms. The quantitative estimate of drug-likeness (QED) is 0.356. The summed E-state index contributed by atoms with van der Waals surface area (Å²) in [5.41, 5.74) is 6.60. The van der Waals surface area contributed by atoms with Crippen molar-refractivity contribution in [2.45, 2.75) is 44.6 Å². The third kappa shape index (κ3) is 6.94. The number of methoxy groups -OCH3 is 1. The van der Waals surface area contributed by atoms with Crippen molar-refractivity contribution < 1.29 is 9.53 Å². The van der Waals surface area contributed by atoms with E-state index in [1.54, 1.807) is 7.11 Å². The van der Waals surface area contributed by atoms with E-state index in [1.807, 2.05) is 24.3 Å². The van der Waals surface area contributed by atoms with Crippen LogP contribution in [0.15, 0.2) is 29.3 Å². The molecular weight excluding hydrogens is 419 g/mol. The Morgan fingerprint density at radius 2 is 2.00 bits per heavy atom. The Morgan fingerprint density at radius 1 is 1.29 bits per heavy atom. The van der Waals surface area contributed by atoms with Gasteiger partial charge in [0.25, 0.3) is 0 Å². The van der Waals surface area contributed by atoms with Gasteiger partial charge in [-0.25, -0.2) is 0 Å². The fraction of sp³-hybridized carbons (Fsp3) is 0.529. The van der Waals surface area contributed by atoms with Crippen LogP contribution in [-0.4, -0.2) is 31.6 Å². The highest BCUT2D eigenvalue weighted by Gasteiger charge is 2.15.